The van der Waals surface area contributed by atoms with Crippen molar-refractivity contribution in [2.75, 3.05) is 7.11 Å². The second-order valence-corrected chi connectivity index (χ2v) is 6.07. The van der Waals surface area contributed by atoms with Crippen LogP contribution in [0.3, 0.4) is 0 Å². The van der Waals surface area contributed by atoms with Crippen molar-refractivity contribution in [2.24, 2.45) is 5.92 Å². The molecule has 6 nitrogen and oxygen atoms in total. The molecule has 0 saturated heterocycles. The number of rotatable bonds is 10. The molecule has 1 amide bonds. The van der Waals surface area contributed by atoms with Gasteiger partial charge in [-0.05, 0) is 25.3 Å². The minimum Gasteiger partial charge on any atom is -0.469 e. The van der Waals surface area contributed by atoms with Crippen LogP contribution in [0.5, 0.6) is 0 Å². The van der Waals surface area contributed by atoms with E-state index in [4.69, 9.17) is 4.74 Å². The molecule has 0 aliphatic heterocycles. The average molecular weight is 347 g/mol. The Hall–Kier alpha value is -2.50. The minimum absolute atomic E-state index is 0.0512. The van der Waals surface area contributed by atoms with E-state index in [1.54, 1.807) is 0 Å². The van der Waals surface area contributed by atoms with Crippen LogP contribution in [-0.2, 0) is 30.3 Å². The summed E-state index contributed by atoms with van der Waals surface area (Å²) < 4.78 is 4.81. The molecule has 0 fully saturated rings. The topological polar surface area (TPSA) is 89.5 Å². The van der Waals surface area contributed by atoms with Crippen molar-refractivity contribution in [3.05, 3.63) is 35.9 Å². The molecule has 136 valence electrons. The van der Waals surface area contributed by atoms with Gasteiger partial charge in [0, 0.05) is 19.8 Å². The largest absolute Gasteiger partial charge is 0.469 e. The highest BCUT2D eigenvalue weighted by molar-refractivity contribution is 5.91. The lowest BCUT2D eigenvalue weighted by atomic mass is 9.91. The fourth-order valence-corrected chi connectivity index (χ4v) is 2.60. The number of ether oxygens (including phenoxy) is 1. The molecular weight excluding hydrogens is 322 g/mol. The summed E-state index contributed by atoms with van der Waals surface area (Å²) in [5.74, 6) is -1.78. The summed E-state index contributed by atoms with van der Waals surface area (Å²) in [4.78, 5) is 47.1. The third-order valence-corrected chi connectivity index (χ3v) is 3.86. The zero-order valence-electron chi connectivity index (χ0n) is 14.9. The summed E-state index contributed by atoms with van der Waals surface area (Å²) in [6, 6.07) is 8.57. The molecule has 0 aromatic heterocycles. The molecule has 1 aromatic rings. The predicted octanol–water partition coefficient (Wildman–Crippen LogP) is 1.85. The molecule has 2 atom stereocenters. The van der Waals surface area contributed by atoms with Gasteiger partial charge in [0.25, 0.3) is 0 Å². The Kier molecular flexibility index (Phi) is 8.53. The van der Waals surface area contributed by atoms with Crippen molar-refractivity contribution in [3.8, 4) is 0 Å². The van der Waals surface area contributed by atoms with Gasteiger partial charge in [-0.15, -0.1) is 0 Å². The van der Waals surface area contributed by atoms with Crippen molar-refractivity contribution in [1.82, 2.24) is 5.32 Å². The van der Waals surface area contributed by atoms with E-state index >= 15 is 0 Å². The Bertz CT molecular complexity index is 612. The Morgan fingerprint density at radius 1 is 1.08 bits per heavy atom. The van der Waals surface area contributed by atoms with Crippen molar-refractivity contribution in [1.29, 1.82) is 0 Å². The highest BCUT2D eigenvalue weighted by Gasteiger charge is 2.28. The minimum atomic E-state index is -0.774. The molecular formula is C19H25NO5. The predicted molar refractivity (Wildman–Crippen MR) is 92.8 cm³/mol. The van der Waals surface area contributed by atoms with Crippen molar-refractivity contribution in [2.45, 2.75) is 45.6 Å². The molecule has 25 heavy (non-hydrogen) atoms. The number of ketones is 2. The fourth-order valence-electron chi connectivity index (χ4n) is 2.60. The van der Waals surface area contributed by atoms with Gasteiger partial charge in [-0.1, -0.05) is 30.3 Å². The van der Waals surface area contributed by atoms with E-state index < -0.39 is 17.9 Å². The van der Waals surface area contributed by atoms with Crippen LogP contribution >= 0.6 is 0 Å². The molecule has 1 N–H and O–H groups in total. The van der Waals surface area contributed by atoms with Gasteiger partial charge in [0.15, 0.2) is 5.78 Å². The monoisotopic (exact) mass is 347 g/mol. The van der Waals surface area contributed by atoms with Gasteiger partial charge in [-0.2, -0.15) is 0 Å². The van der Waals surface area contributed by atoms with Crippen LogP contribution in [0.4, 0.5) is 0 Å². The SMILES string of the molecule is COC(=O)[C@@H](CC(=O)[C@H](CCC(C)=O)NC(C)=O)Cc1ccccc1. The number of Topliss-reactive ketones (excluding diaryl/α,β-unsaturated/α-hetero) is 2. The Balaban J connectivity index is 2.83. The molecule has 6 heteroatoms. The smallest absolute Gasteiger partial charge is 0.309 e. The second kappa shape index (κ2) is 10.4. The molecule has 0 unspecified atom stereocenters. The molecule has 0 bridgehead atoms. The summed E-state index contributed by atoms with van der Waals surface area (Å²) in [5.41, 5.74) is 0.922. The van der Waals surface area contributed by atoms with Gasteiger partial charge >= 0.3 is 5.97 Å². The van der Waals surface area contributed by atoms with E-state index in [0.29, 0.717) is 6.42 Å². The van der Waals surface area contributed by atoms with Crippen LogP contribution < -0.4 is 5.32 Å². The van der Waals surface area contributed by atoms with Gasteiger partial charge in [0.1, 0.15) is 5.78 Å². The van der Waals surface area contributed by atoms with E-state index in [1.807, 2.05) is 30.3 Å². The Labute approximate surface area is 147 Å². The number of carbonyl (C=O) groups is 4. The van der Waals surface area contributed by atoms with Gasteiger partial charge in [0.05, 0.1) is 19.1 Å². The van der Waals surface area contributed by atoms with E-state index in [9.17, 15) is 19.2 Å². The zero-order chi connectivity index (χ0) is 18.8. The van der Waals surface area contributed by atoms with Gasteiger partial charge in [-0.25, -0.2) is 0 Å². The maximum atomic E-state index is 12.6. The normalized spacial score (nSPS) is 12.8. The summed E-state index contributed by atoms with van der Waals surface area (Å²) in [7, 11) is 1.28. The third-order valence-electron chi connectivity index (χ3n) is 3.86. The van der Waals surface area contributed by atoms with Crippen LogP contribution in [0.15, 0.2) is 30.3 Å². The molecule has 1 aromatic carbocycles. The first-order chi connectivity index (χ1) is 11.8. The Morgan fingerprint density at radius 3 is 2.24 bits per heavy atom. The van der Waals surface area contributed by atoms with Crippen LogP contribution in [0.1, 0.15) is 38.7 Å². The molecule has 0 saturated carbocycles. The van der Waals surface area contributed by atoms with Crippen LogP contribution in [0.2, 0.25) is 0 Å². The first-order valence-corrected chi connectivity index (χ1v) is 8.24. The molecule has 0 spiro atoms. The number of hydrogen-bond donors (Lipinski definition) is 1. The zero-order valence-corrected chi connectivity index (χ0v) is 14.9. The number of nitrogens with one attached hydrogen (secondary N) is 1. The van der Waals surface area contributed by atoms with Gasteiger partial charge in [-0.3, -0.25) is 14.4 Å². The van der Waals surface area contributed by atoms with E-state index in [0.717, 1.165) is 5.56 Å². The maximum absolute atomic E-state index is 12.6. The number of methoxy groups -OCH3 is 1. The highest BCUT2D eigenvalue weighted by Crippen LogP contribution is 2.17. The van der Waals surface area contributed by atoms with Crippen molar-refractivity contribution < 1.29 is 23.9 Å². The lowest BCUT2D eigenvalue weighted by molar-refractivity contribution is -0.147. The van der Waals surface area contributed by atoms with E-state index in [2.05, 4.69) is 5.32 Å². The fraction of sp³-hybridized carbons (Fsp3) is 0.474. The number of esters is 1. The van der Waals surface area contributed by atoms with Gasteiger partial charge < -0.3 is 14.8 Å². The van der Waals surface area contributed by atoms with Gasteiger partial charge in [0.2, 0.25) is 5.91 Å². The number of hydrogen-bond acceptors (Lipinski definition) is 5. The average Bonchev–Trinajstić information content (AvgIpc) is 2.57. The lowest BCUT2D eigenvalue weighted by Crippen LogP contribution is -2.41. The van der Waals surface area contributed by atoms with Crippen LogP contribution in [0, 0.1) is 5.92 Å². The second-order valence-electron chi connectivity index (χ2n) is 6.07. The number of carbonyl (C=O) groups excluding carboxylic acids is 4. The number of benzene rings is 1. The van der Waals surface area contributed by atoms with Crippen molar-refractivity contribution >= 4 is 23.4 Å². The van der Waals surface area contributed by atoms with E-state index in [-0.39, 0.29) is 36.7 Å². The summed E-state index contributed by atoms with van der Waals surface area (Å²) in [6.45, 7) is 2.75. The third kappa shape index (κ3) is 7.74. The lowest BCUT2D eigenvalue weighted by Gasteiger charge is -2.20. The number of amides is 1. The molecule has 0 heterocycles. The quantitative estimate of drug-likeness (QED) is 0.653. The molecule has 0 radical (unpaired) electrons. The summed E-state index contributed by atoms with van der Waals surface area (Å²) >= 11 is 0. The van der Waals surface area contributed by atoms with E-state index in [1.165, 1.54) is 21.0 Å². The maximum Gasteiger partial charge on any atom is 0.309 e. The van der Waals surface area contributed by atoms with Crippen molar-refractivity contribution in [3.63, 3.8) is 0 Å². The molecule has 0 aliphatic carbocycles. The van der Waals surface area contributed by atoms with Crippen LogP contribution in [0.25, 0.3) is 0 Å². The summed E-state index contributed by atoms with van der Waals surface area (Å²) in [6.07, 6.45) is 0.744. The Morgan fingerprint density at radius 2 is 1.72 bits per heavy atom. The summed E-state index contributed by atoms with van der Waals surface area (Å²) in [5, 5.41) is 2.57. The molecule has 0 aliphatic rings. The van der Waals surface area contributed by atoms with Crippen LogP contribution in [-0.4, -0.2) is 36.6 Å². The molecule has 1 rings (SSSR count). The highest BCUT2D eigenvalue weighted by atomic mass is 16.5. The standard InChI is InChI=1S/C19H25NO5/c1-13(21)9-10-17(20-14(2)22)18(23)12-16(19(24)25-3)11-15-7-5-4-6-8-15/h4-8,16-17H,9-12H2,1-3H3,(H,20,22)/t16-,17+/m1/s1. The first-order valence-electron chi connectivity index (χ1n) is 8.24. The first kappa shape index (κ1) is 20.5.